The van der Waals surface area contributed by atoms with Crippen molar-refractivity contribution in [2.24, 2.45) is 0 Å². The molecule has 2 aromatic heterocycles. The molecule has 4 aromatic rings. The van der Waals surface area contributed by atoms with Gasteiger partial charge in [-0.15, -0.1) is 11.3 Å². The Balaban J connectivity index is 1.70. The van der Waals surface area contributed by atoms with Crippen molar-refractivity contribution in [1.29, 1.82) is 0 Å². The molecular formula is C21H19N3S. The Hall–Kier alpha value is -2.72. The first-order valence-corrected chi connectivity index (χ1v) is 9.15. The maximum absolute atomic E-state index is 4.48. The molecule has 1 atom stereocenters. The van der Waals surface area contributed by atoms with Gasteiger partial charge in [0.25, 0.3) is 0 Å². The maximum atomic E-state index is 4.48. The van der Waals surface area contributed by atoms with Crippen molar-refractivity contribution < 1.29 is 0 Å². The number of nitrogens with one attached hydrogen (secondary N) is 1. The molecular weight excluding hydrogens is 326 g/mol. The normalized spacial score (nSPS) is 12.2. The third-order valence-electron chi connectivity index (χ3n) is 4.28. The second-order valence-electron chi connectivity index (χ2n) is 6.20. The van der Waals surface area contributed by atoms with Crippen LogP contribution < -0.4 is 5.32 Å². The molecule has 0 aliphatic rings. The topological polar surface area (TPSA) is 37.8 Å². The number of fused-ring (bicyclic) bond motifs is 1. The summed E-state index contributed by atoms with van der Waals surface area (Å²) < 4.78 is 0. The molecule has 0 amide bonds. The quantitative estimate of drug-likeness (QED) is 0.505. The van der Waals surface area contributed by atoms with Gasteiger partial charge < -0.3 is 5.32 Å². The van der Waals surface area contributed by atoms with Crippen LogP contribution in [-0.4, -0.2) is 9.97 Å². The van der Waals surface area contributed by atoms with E-state index in [2.05, 4.69) is 83.7 Å². The molecule has 124 valence electrons. The molecule has 2 heterocycles. The minimum atomic E-state index is 0.182. The molecule has 0 spiro atoms. The lowest BCUT2D eigenvalue weighted by molar-refractivity contribution is 0.876. The smallest absolute Gasteiger partial charge is 0.138 e. The van der Waals surface area contributed by atoms with E-state index in [1.54, 1.807) is 17.7 Å². The zero-order valence-corrected chi connectivity index (χ0v) is 15.0. The number of benzene rings is 2. The Kier molecular flexibility index (Phi) is 4.20. The number of aromatic nitrogens is 2. The summed E-state index contributed by atoms with van der Waals surface area (Å²) in [5.74, 6) is 0.886. The third-order valence-corrected chi connectivity index (χ3v) is 5.38. The highest BCUT2D eigenvalue weighted by Crippen LogP contribution is 2.36. The van der Waals surface area contributed by atoms with Gasteiger partial charge in [-0.05, 0) is 31.0 Å². The van der Waals surface area contributed by atoms with Crippen LogP contribution in [0.1, 0.15) is 24.1 Å². The largest absolute Gasteiger partial charge is 0.363 e. The van der Waals surface area contributed by atoms with E-state index >= 15 is 0 Å². The first-order chi connectivity index (χ1) is 12.2. The fourth-order valence-electron chi connectivity index (χ4n) is 2.94. The van der Waals surface area contributed by atoms with Crippen LogP contribution in [0, 0.1) is 6.92 Å². The number of nitrogens with zero attached hydrogens (tertiary/aromatic N) is 2. The predicted octanol–water partition coefficient (Wildman–Crippen LogP) is 5.84. The Morgan fingerprint density at radius 2 is 1.80 bits per heavy atom. The molecule has 3 nitrogen and oxygen atoms in total. The van der Waals surface area contributed by atoms with Crippen LogP contribution in [0.2, 0.25) is 0 Å². The number of hydrogen-bond acceptors (Lipinski definition) is 4. The van der Waals surface area contributed by atoms with Gasteiger partial charge >= 0.3 is 0 Å². The summed E-state index contributed by atoms with van der Waals surface area (Å²) in [7, 11) is 0. The lowest BCUT2D eigenvalue weighted by atomic mass is 10.1. The van der Waals surface area contributed by atoms with Crippen molar-refractivity contribution in [3.63, 3.8) is 0 Å². The highest BCUT2D eigenvalue weighted by Gasteiger charge is 2.13. The third kappa shape index (κ3) is 3.26. The molecule has 1 unspecified atom stereocenters. The van der Waals surface area contributed by atoms with Gasteiger partial charge in [0.05, 0.1) is 5.39 Å². The second kappa shape index (κ2) is 6.65. The van der Waals surface area contributed by atoms with Crippen LogP contribution in [0.15, 0.2) is 67.0 Å². The Bertz CT molecular complexity index is 1010. The maximum Gasteiger partial charge on any atom is 0.138 e. The summed E-state index contributed by atoms with van der Waals surface area (Å²) in [6.07, 6.45) is 1.64. The zero-order valence-electron chi connectivity index (χ0n) is 14.2. The summed E-state index contributed by atoms with van der Waals surface area (Å²) in [6.45, 7) is 4.27. The van der Waals surface area contributed by atoms with E-state index in [1.807, 2.05) is 6.07 Å². The van der Waals surface area contributed by atoms with Gasteiger partial charge in [0, 0.05) is 10.9 Å². The van der Waals surface area contributed by atoms with Gasteiger partial charge in [-0.2, -0.15) is 0 Å². The highest BCUT2D eigenvalue weighted by atomic mass is 32.1. The van der Waals surface area contributed by atoms with Crippen molar-refractivity contribution in [2.45, 2.75) is 19.9 Å². The Morgan fingerprint density at radius 3 is 2.60 bits per heavy atom. The number of thiophene rings is 1. The molecule has 0 aliphatic heterocycles. The number of rotatable bonds is 4. The molecule has 4 rings (SSSR count). The number of anilines is 1. The van der Waals surface area contributed by atoms with Gasteiger partial charge in [-0.25, -0.2) is 9.97 Å². The molecule has 0 aliphatic carbocycles. The molecule has 1 N–H and O–H groups in total. The van der Waals surface area contributed by atoms with E-state index in [-0.39, 0.29) is 6.04 Å². The molecule has 25 heavy (non-hydrogen) atoms. The summed E-state index contributed by atoms with van der Waals surface area (Å²) in [5, 5.41) is 4.61. The number of hydrogen-bond donors (Lipinski definition) is 1. The molecule has 0 saturated heterocycles. The lowest BCUT2D eigenvalue weighted by Gasteiger charge is -2.15. The zero-order chi connectivity index (χ0) is 17.2. The Morgan fingerprint density at radius 1 is 0.960 bits per heavy atom. The van der Waals surface area contributed by atoms with Crippen LogP contribution in [0.5, 0.6) is 0 Å². The highest BCUT2D eigenvalue weighted by molar-refractivity contribution is 7.21. The van der Waals surface area contributed by atoms with Crippen LogP contribution in [0.25, 0.3) is 20.7 Å². The van der Waals surface area contributed by atoms with Crippen LogP contribution in [0.4, 0.5) is 5.82 Å². The first kappa shape index (κ1) is 15.8. The van der Waals surface area contributed by atoms with Gasteiger partial charge in [-0.1, -0.05) is 60.2 Å². The average molecular weight is 345 g/mol. The summed E-state index contributed by atoms with van der Waals surface area (Å²) >= 11 is 1.71. The van der Waals surface area contributed by atoms with Gasteiger partial charge in [0.2, 0.25) is 0 Å². The molecule has 4 heteroatoms. The van der Waals surface area contributed by atoms with E-state index < -0.39 is 0 Å². The summed E-state index contributed by atoms with van der Waals surface area (Å²) in [5.41, 5.74) is 3.73. The van der Waals surface area contributed by atoms with Crippen LogP contribution in [-0.2, 0) is 0 Å². The van der Waals surface area contributed by atoms with Crippen molar-refractivity contribution in [3.8, 4) is 10.4 Å². The Labute approximate surface area is 151 Å². The fraction of sp³-hybridized carbons (Fsp3) is 0.143. The summed E-state index contributed by atoms with van der Waals surface area (Å²) in [6, 6.07) is 21.3. The SMILES string of the molecule is Cc1cccc(-c2cc3c(NC(C)c4ccccc4)ncnc3s2)c1. The van der Waals surface area contributed by atoms with Gasteiger partial charge in [-0.3, -0.25) is 0 Å². The first-order valence-electron chi connectivity index (χ1n) is 8.34. The average Bonchev–Trinajstić information content (AvgIpc) is 3.08. The lowest BCUT2D eigenvalue weighted by Crippen LogP contribution is -2.08. The fourth-order valence-corrected chi connectivity index (χ4v) is 3.94. The predicted molar refractivity (Wildman–Crippen MR) is 106 cm³/mol. The van der Waals surface area contributed by atoms with E-state index in [1.165, 1.54) is 21.6 Å². The minimum absolute atomic E-state index is 0.182. The number of aryl methyl sites for hydroxylation is 1. The summed E-state index contributed by atoms with van der Waals surface area (Å²) in [4.78, 5) is 11.2. The van der Waals surface area contributed by atoms with Crippen molar-refractivity contribution in [2.75, 3.05) is 5.32 Å². The van der Waals surface area contributed by atoms with E-state index in [4.69, 9.17) is 0 Å². The molecule has 0 bridgehead atoms. The van der Waals surface area contributed by atoms with E-state index in [9.17, 15) is 0 Å². The van der Waals surface area contributed by atoms with Crippen LogP contribution >= 0.6 is 11.3 Å². The van der Waals surface area contributed by atoms with Crippen molar-refractivity contribution in [3.05, 3.63) is 78.1 Å². The van der Waals surface area contributed by atoms with E-state index in [0.717, 1.165) is 16.0 Å². The molecule has 2 aromatic carbocycles. The van der Waals surface area contributed by atoms with E-state index in [0.29, 0.717) is 0 Å². The van der Waals surface area contributed by atoms with Crippen LogP contribution in [0.3, 0.4) is 0 Å². The second-order valence-corrected chi connectivity index (χ2v) is 7.23. The van der Waals surface area contributed by atoms with Gasteiger partial charge in [0.1, 0.15) is 17.0 Å². The molecule has 0 saturated carbocycles. The van der Waals surface area contributed by atoms with Crippen molar-refractivity contribution >= 4 is 27.4 Å². The molecule has 0 fully saturated rings. The van der Waals surface area contributed by atoms with Gasteiger partial charge in [0.15, 0.2) is 0 Å². The van der Waals surface area contributed by atoms with Crippen molar-refractivity contribution in [1.82, 2.24) is 9.97 Å². The minimum Gasteiger partial charge on any atom is -0.363 e. The molecule has 0 radical (unpaired) electrons. The monoisotopic (exact) mass is 345 g/mol. The standard InChI is InChI=1S/C21H19N3S/c1-14-7-6-10-17(11-14)19-12-18-20(22-13-23-21(18)25-19)24-15(2)16-8-4-3-5-9-16/h3-13,15H,1-2H3,(H,22,23,24).